The summed E-state index contributed by atoms with van der Waals surface area (Å²) in [5, 5.41) is 0. The van der Waals surface area contributed by atoms with Gasteiger partial charge in [-0.1, -0.05) is 30.3 Å². The van der Waals surface area contributed by atoms with Crippen LogP contribution in [-0.4, -0.2) is 35.0 Å². The molecule has 0 spiro atoms. The van der Waals surface area contributed by atoms with Crippen molar-refractivity contribution in [2.75, 3.05) is 6.54 Å². The van der Waals surface area contributed by atoms with Gasteiger partial charge in [0.2, 0.25) is 5.91 Å². The summed E-state index contributed by atoms with van der Waals surface area (Å²) >= 11 is 0. The summed E-state index contributed by atoms with van der Waals surface area (Å²) in [6, 6.07) is 9.18. The van der Waals surface area contributed by atoms with Crippen molar-refractivity contribution in [3.63, 3.8) is 0 Å². The second kappa shape index (κ2) is 6.29. The zero-order chi connectivity index (χ0) is 15.5. The molecule has 1 atom stereocenters. The highest BCUT2D eigenvalue weighted by molar-refractivity contribution is 5.86. The normalized spacial score (nSPS) is 18.6. The summed E-state index contributed by atoms with van der Waals surface area (Å²) in [4.78, 5) is 26.3. The molecule has 2 rings (SSSR count). The summed E-state index contributed by atoms with van der Waals surface area (Å²) in [6.07, 6.45) is 1.88. The van der Waals surface area contributed by atoms with Crippen molar-refractivity contribution in [2.45, 2.75) is 51.7 Å². The van der Waals surface area contributed by atoms with Crippen molar-refractivity contribution in [3.05, 3.63) is 35.9 Å². The average Bonchev–Trinajstić information content (AvgIpc) is 2.87. The first-order valence-corrected chi connectivity index (χ1v) is 7.43. The molecule has 1 heterocycles. The molecule has 0 aliphatic carbocycles. The number of hydrogen-bond donors (Lipinski definition) is 0. The van der Waals surface area contributed by atoms with Gasteiger partial charge in [0.15, 0.2) is 0 Å². The first-order valence-electron chi connectivity index (χ1n) is 7.43. The molecule has 0 unspecified atom stereocenters. The molecule has 1 aliphatic heterocycles. The molecular formula is C17H23NO3. The Morgan fingerprint density at radius 1 is 1.24 bits per heavy atom. The lowest BCUT2D eigenvalue weighted by Crippen LogP contribution is -2.44. The molecule has 4 nitrogen and oxygen atoms in total. The van der Waals surface area contributed by atoms with E-state index in [2.05, 4.69) is 0 Å². The van der Waals surface area contributed by atoms with Crippen LogP contribution in [0.25, 0.3) is 0 Å². The SMILES string of the molecule is CC(C)(C)OC(=O)[C@@H]1CCCN1C(=O)Cc1ccccc1. The number of likely N-dealkylation sites (tertiary alicyclic amines) is 1. The van der Waals surface area contributed by atoms with Gasteiger partial charge < -0.3 is 9.64 Å². The molecule has 1 fully saturated rings. The summed E-state index contributed by atoms with van der Waals surface area (Å²) in [5.41, 5.74) is 0.450. The van der Waals surface area contributed by atoms with Crippen LogP contribution in [0.2, 0.25) is 0 Å². The minimum atomic E-state index is -0.520. The molecule has 1 aliphatic rings. The number of rotatable bonds is 3. The van der Waals surface area contributed by atoms with Crippen LogP contribution in [0.5, 0.6) is 0 Å². The lowest BCUT2D eigenvalue weighted by Gasteiger charge is -2.27. The van der Waals surface area contributed by atoms with Gasteiger partial charge in [-0.15, -0.1) is 0 Å². The summed E-state index contributed by atoms with van der Waals surface area (Å²) in [5.74, 6) is -0.295. The molecule has 0 bridgehead atoms. The van der Waals surface area contributed by atoms with Crippen LogP contribution in [0.4, 0.5) is 0 Å². The molecular weight excluding hydrogens is 266 g/mol. The predicted octanol–water partition coefficient (Wildman–Crippen LogP) is 2.56. The maximum absolute atomic E-state index is 12.4. The number of hydrogen-bond acceptors (Lipinski definition) is 3. The number of carbonyl (C=O) groups excluding carboxylic acids is 2. The fourth-order valence-corrected chi connectivity index (χ4v) is 2.55. The van der Waals surface area contributed by atoms with Crippen molar-refractivity contribution in [1.29, 1.82) is 0 Å². The summed E-state index contributed by atoms with van der Waals surface area (Å²) < 4.78 is 5.42. The van der Waals surface area contributed by atoms with Crippen molar-refractivity contribution >= 4 is 11.9 Å². The number of esters is 1. The smallest absolute Gasteiger partial charge is 0.329 e. The number of benzene rings is 1. The second-order valence-corrected chi connectivity index (χ2v) is 6.44. The maximum Gasteiger partial charge on any atom is 0.329 e. The Kier molecular flexibility index (Phi) is 4.66. The number of ether oxygens (including phenoxy) is 1. The molecule has 1 aromatic rings. The Bertz CT molecular complexity index is 505. The Morgan fingerprint density at radius 3 is 2.52 bits per heavy atom. The van der Waals surface area contributed by atoms with Gasteiger partial charge in [0.25, 0.3) is 0 Å². The van der Waals surface area contributed by atoms with Gasteiger partial charge in [0.05, 0.1) is 6.42 Å². The molecule has 0 saturated carbocycles. The van der Waals surface area contributed by atoms with Gasteiger partial charge in [-0.25, -0.2) is 4.79 Å². The Labute approximate surface area is 126 Å². The summed E-state index contributed by atoms with van der Waals surface area (Å²) in [6.45, 7) is 6.16. The van der Waals surface area contributed by atoms with E-state index in [-0.39, 0.29) is 11.9 Å². The van der Waals surface area contributed by atoms with Gasteiger partial charge in [-0.05, 0) is 39.2 Å². The Balaban J connectivity index is 2.01. The lowest BCUT2D eigenvalue weighted by atomic mass is 10.1. The van der Waals surface area contributed by atoms with E-state index < -0.39 is 11.6 Å². The molecule has 1 aromatic carbocycles. The van der Waals surface area contributed by atoms with Gasteiger partial charge in [0, 0.05) is 6.54 Å². The molecule has 21 heavy (non-hydrogen) atoms. The number of carbonyl (C=O) groups is 2. The van der Waals surface area contributed by atoms with Gasteiger partial charge in [-0.3, -0.25) is 4.79 Å². The summed E-state index contributed by atoms with van der Waals surface area (Å²) in [7, 11) is 0. The lowest BCUT2D eigenvalue weighted by molar-refractivity contribution is -0.163. The predicted molar refractivity (Wildman–Crippen MR) is 80.7 cm³/mol. The van der Waals surface area contributed by atoms with E-state index >= 15 is 0 Å². The van der Waals surface area contributed by atoms with Gasteiger partial charge in [-0.2, -0.15) is 0 Å². The van der Waals surface area contributed by atoms with Crippen LogP contribution in [0.15, 0.2) is 30.3 Å². The van der Waals surface area contributed by atoms with Crippen LogP contribution in [0, 0.1) is 0 Å². The molecule has 0 N–H and O–H groups in total. The zero-order valence-electron chi connectivity index (χ0n) is 13.0. The van der Waals surface area contributed by atoms with Crippen molar-refractivity contribution in [2.24, 2.45) is 0 Å². The third kappa shape index (κ3) is 4.31. The highest BCUT2D eigenvalue weighted by Gasteiger charge is 2.36. The van der Waals surface area contributed by atoms with E-state index in [9.17, 15) is 9.59 Å². The fraction of sp³-hybridized carbons (Fsp3) is 0.529. The largest absolute Gasteiger partial charge is 0.458 e. The minimum Gasteiger partial charge on any atom is -0.458 e. The van der Waals surface area contributed by atoms with Crippen LogP contribution >= 0.6 is 0 Å². The van der Waals surface area contributed by atoms with Crippen molar-refractivity contribution in [3.8, 4) is 0 Å². The fourth-order valence-electron chi connectivity index (χ4n) is 2.55. The molecule has 114 valence electrons. The average molecular weight is 289 g/mol. The van der Waals surface area contributed by atoms with E-state index in [0.29, 0.717) is 19.4 Å². The first-order chi connectivity index (χ1) is 9.87. The first kappa shape index (κ1) is 15.5. The van der Waals surface area contributed by atoms with E-state index in [0.717, 1.165) is 12.0 Å². The van der Waals surface area contributed by atoms with E-state index in [1.165, 1.54) is 0 Å². The third-order valence-electron chi connectivity index (χ3n) is 3.45. The van der Waals surface area contributed by atoms with Crippen LogP contribution < -0.4 is 0 Å². The van der Waals surface area contributed by atoms with Gasteiger partial charge >= 0.3 is 5.97 Å². The zero-order valence-corrected chi connectivity index (χ0v) is 13.0. The topological polar surface area (TPSA) is 46.6 Å². The van der Waals surface area contributed by atoms with E-state index in [1.807, 2.05) is 51.1 Å². The molecule has 0 radical (unpaired) electrons. The number of nitrogens with zero attached hydrogens (tertiary/aromatic N) is 1. The van der Waals surface area contributed by atoms with Crippen LogP contribution in [0.3, 0.4) is 0 Å². The standard InChI is InChI=1S/C17H23NO3/c1-17(2,3)21-16(20)14-10-7-11-18(14)15(19)12-13-8-5-4-6-9-13/h4-6,8-9,14H,7,10-12H2,1-3H3/t14-/m0/s1. The molecule has 1 amide bonds. The Morgan fingerprint density at radius 2 is 1.90 bits per heavy atom. The van der Waals surface area contributed by atoms with E-state index in [4.69, 9.17) is 4.74 Å². The molecule has 0 aromatic heterocycles. The van der Waals surface area contributed by atoms with Crippen molar-refractivity contribution in [1.82, 2.24) is 4.90 Å². The minimum absolute atomic E-state index is 0.00504. The molecule has 1 saturated heterocycles. The second-order valence-electron chi connectivity index (χ2n) is 6.44. The monoisotopic (exact) mass is 289 g/mol. The third-order valence-corrected chi connectivity index (χ3v) is 3.45. The van der Waals surface area contributed by atoms with Crippen LogP contribution in [0.1, 0.15) is 39.2 Å². The highest BCUT2D eigenvalue weighted by atomic mass is 16.6. The molecule has 4 heteroatoms. The quantitative estimate of drug-likeness (QED) is 0.803. The van der Waals surface area contributed by atoms with E-state index in [1.54, 1.807) is 4.90 Å². The number of amides is 1. The van der Waals surface area contributed by atoms with Crippen molar-refractivity contribution < 1.29 is 14.3 Å². The highest BCUT2D eigenvalue weighted by Crippen LogP contribution is 2.22. The van der Waals surface area contributed by atoms with Gasteiger partial charge in [0.1, 0.15) is 11.6 Å². The van der Waals surface area contributed by atoms with Crippen LogP contribution in [-0.2, 0) is 20.7 Å². The maximum atomic E-state index is 12.4. The Hall–Kier alpha value is -1.84.